The molecule has 19 heavy (non-hydrogen) atoms. The molecule has 0 radical (unpaired) electrons. The van der Waals surface area contributed by atoms with Gasteiger partial charge in [0, 0.05) is 6.42 Å². The van der Waals surface area contributed by atoms with E-state index < -0.39 is 0 Å². The lowest BCUT2D eigenvalue weighted by atomic mass is 9.67. The molecule has 5 heteroatoms. The van der Waals surface area contributed by atoms with Crippen LogP contribution in [0.4, 0.5) is 0 Å². The maximum Gasteiger partial charge on any atom is 0.309 e. The lowest BCUT2D eigenvalue weighted by Crippen LogP contribution is -2.44. The average Bonchev–Trinajstić information content (AvgIpc) is 2.56. The molecule has 0 N–H and O–H groups in total. The van der Waals surface area contributed by atoms with E-state index in [0.717, 1.165) is 25.7 Å². The van der Waals surface area contributed by atoms with Gasteiger partial charge in [-0.2, -0.15) is 0 Å². The summed E-state index contributed by atoms with van der Waals surface area (Å²) >= 11 is 0. The Bertz CT molecular complexity index is 380. The summed E-state index contributed by atoms with van der Waals surface area (Å²) < 4.78 is 16.2. The van der Waals surface area contributed by atoms with Gasteiger partial charge >= 0.3 is 11.9 Å². The van der Waals surface area contributed by atoms with Crippen LogP contribution in [0.1, 0.15) is 39.0 Å². The number of rotatable bonds is 4. The van der Waals surface area contributed by atoms with Crippen molar-refractivity contribution < 1.29 is 23.8 Å². The van der Waals surface area contributed by atoms with E-state index in [0.29, 0.717) is 18.3 Å². The minimum absolute atomic E-state index is 0.0305. The summed E-state index contributed by atoms with van der Waals surface area (Å²) in [6, 6.07) is 0. The molecule has 2 heterocycles. The Morgan fingerprint density at radius 1 is 1.32 bits per heavy atom. The highest BCUT2D eigenvalue weighted by molar-refractivity contribution is 5.73. The van der Waals surface area contributed by atoms with Gasteiger partial charge in [0.25, 0.3) is 0 Å². The Hall–Kier alpha value is -1.10. The second-order valence-corrected chi connectivity index (χ2v) is 5.86. The van der Waals surface area contributed by atoms with Crippen LogP contribution in [0.3, 0.4) is 0 Å². The molecule has 4 fully saturated rings. The standard InChI is InChI=1S/C14H20O5/c1-2-12(15)17-7-18-13-9-3-8-4-10(6-9)14(16)19-11(13)5-8/h8-11,13H,2-7H2,1H3. The van der Waals surface area contributed by atoms with E-state index >= 15 is 0 Å². The summed E-state index contributed by atoms with van der Waals surface area (Å²) in [4.78, 5) is 23.0. The van der Waals surface area contributed by atoms with Crippen molar-refractivity contribution in [2.24, 2.45) is 17.8 Å². The van der Waals surface area contributed by atoms with Gasteiger partial charge in [-0.15, -0.1) is 0 Å². The third kappa shape index (κ3) is 2.48. The van der Waals surface area contributed by atoms with E-state index in [4.69, 9.17) is 14.2 Å². The van der Waals surface area contributed by atoms with Crippen molar-refractivity contribution in [3.63, 3.8) is 0 Å². The molecule has 4 bridgehead atoms. The first-order valence-electron chi connectivity index (χ1n) is 7.15. The Labute approximate surface area is 112 Å². The minimum atomic E-state index is -0.265. The van der Waals surface area contributed by atoms with Crippen LogP contribution in [0, 0.1) is 17.8 Å². The van der Waals surface area contributed by atoms with Crippen LogP contribution in [-0.4, -0.2) is 30.9 Å². The molecule has 0 aromatic heterocycles. The van der Waals surface area contributed by atoms with Gasteiger partial charge in [-0.3, -0.25) is 9.59 Å². The first kappa shape index (κ1) is 12.9. The molecular weight excluding hydrogens is 248 g/mol. The topological polar surface area (TPSA) is 61.8 Å². The van der Waals surface area contributed by atoms with E-state index in [1.165, 1.54) is 0 Å². The second kappa shape index (κ2) is 5.12. The van der Waals surface area contributed by atoms with Crippen molar-refractivity contribution in [3.05, 3.63) is 0 Å². The molecular formula is C14H20O5. The quantitative estimate of drug-likeness (QED) is 0.573. The molecule has 2 saturated carbocycles. The van der Waals surface area contributed by atoms with Crippen LogP contribution >= 0.6 is 0 Å². The predicted octanol–water partition coefficient (Wildman–Crippen LogP) is 1.64. The van der Waals surface area contributed by atoms with E-state index in [2.05, 4.69) is 0 Å². The molecule has 0 spiro atoms. The van der Waals surface area contributed by atoms with Crippen molar-refractivity contribution in [1.82, 2.24) is 0 Å². The third-order valence-corrected chi connectivity index (χ3v) is 4.61. The molecule has 0 amide bonds. The fourth-order valence-corrected chi connectivity index (χ4v) is 3.79. The van der Waals surface area contributed by atoms with Crippen LogP contribution < -0.4 is 0 Å². The number of hydrogen-bond donors (Lipinski definition) is 0. The predicted molar refractivity (Wildman–Crippen MR) is 64.9 cm³/mol. The Kier molecular flexibility index (Phi) is 3.48. The van der Waals surface area contributed by atoms with Crippen LogP contribution in [-0.2, 0) is 23.8 Å². The van der Waals surface area contributed by atoms with Crippen molar-refractivity contribution in [1.29, 1.82) is 0 Å². The highest BCUT2D eigenvalue weighted by atomic mass is 16.7. The Morgan fingerprint density at radius 3 is 2.95 bits per heavy atom. The van der Waals surface area contributed by atoms with Gasteiger partial charge in [-0.05, 0) is 37.5 Å². The third-order valence-electron chi connectivity index (χ3n) is 4.61. The van der Waals surface area contributed by atoms with Crippen LogP contribution in [0.5, 0.6) is 0 Å². The maximum atomic E-state index is 11.9. The molecule has 2 aliphatic heterocycles. The normalized spacial score (nSPS) is 39.8. The molecule has 5 unspecified atom stereocenters. The molecule has 0 aromatic rings. The van der Waals surface area contributed by atoms with Gasteiger partial charge in [-0.1, -0.05) is 6.92 Å². The fraction of sp³-hybridized carbons (Fsp3) is 0.857. The van der Waals surface area contributed by atoms with Crippen molar-refractivity contribution in [2.75, 3.05) is 6.79 Å². The highest BCUT2D eigenvalue weighted by Crippen LogP contribution is 2.48. The fourth-order valence-electron chi connectivity index (χ4n) is 3.79. The minimum Gasteiger partial charge on any atom is -0.459 e. The zero-order valence-corrected chi connectivity index (χ0v) is 11.2. The summed E-state index contributed by atoms with van der Waals surface area (Å²) in [6.45, 7) is 1.72. The number of carbonyl (C=O) groups is 2. The monoisotopic (exact) mass is 268 g/mol. The number of esters is 2. The first-order chi connectivity index (χ1) is 9.17. The van der Waals surface area contributed by atoms with Gasteiger partial charge in [0.15, 0.2) is 6.79 Å². The molecule has 106 valence electrons. The molecule has 4 rings (SSSR count). The first-order valence-corrected chi connectivity index (χ1v) is 7.15. The van der Waals surface area contributed by atoms with Gasteiger partial charge in [-0.25, -0.2) is 0 Å². The van der Waals surface area contributed by atoms with Gasteiger partial charge < -0.3 is 14.2 Å². The molecule has 5 nitrogen and oxygen atoms in total. The van der Waals surface area contributed by atoms with Gasteiger partial charge in [0.2, 0.25) is 0 Å². The molecule has 2 saturated heterocycles. The number of carbonyl (C=O) groups excluding carboxylic acids is 2. The zero-order valence-electron chi connectivity index (χ0n) is 11.2. The zero-order chi connectivity index (χ0) is 13.4. The van der Waals surface area contributed by atoms with Crippen molar-refractivity contribution >= 4 is 11.9 Å². The van der Waals surface area contributed by atoms with Gasteiger partial charge in [0.05, 0.1) is 5.92 Å². The summed E-state index contributed by atoms with van der Waals surface area (Å²) in [5, 5.41) is 0. The lowest BCUT2D eigenvalue weighted by molar-refractivity contribution is -0.184. The molecule has 5 atom stereocenters. The SMILES string of the molecule is CCC(=O)OCOC1C2CC3CC(C2)C(=O)OC1C3. The Morgan fingerprint density at radius 2 is 2.16 bits per heavy atom. The second-order valence-electron chi connectivity index (χ2n) is 5.86. The van der Waals surface area contributed by atoms with Crippen LogP contribution in [0.2, 0.25) is 0 Å². The highest BCUT2D eigenvalue weighted by Gasteiger charge is 2.50. The number of ether oxygens (including phenoxy) is 3. The summed E-state index contributed by atoms with van der Waals surface area (Å²) in [5.41, 5.74) is 0. The number of hydrogen-bond acceptors (Lipinski definition) is 5. The largest absolute Gasteiger partial charge is 0.459 e. The summed E-state index contributed by atoms with van der Waals surface area (Å²) in [5.74, 6) is 0.695. The lowest BCUT2D eigenvalue weighted by Gasteiger charge is -2.41. The van der Waals surface area contributed by atoms with Gasteiger partial charge in [0.1, 0.15) is 12.2 Å². The van der Waals surface area contributed by atoms with Crippen molar-refractivity contribution in [2.45, 2.75) is 51.2 Å². The van der Waals surface area contributed by atoms with E-state index in [1.54, 1.807) is 6.92 Å². The smallest absolute Gasteiger partial charge is 0.309 e. The van der Waals surface area contributed by atoms with E-state index in [-0.39, 0.29) is 36.9 Å². The van der Waals surface area contributed by atoms with Crippen LogP contribution in [0.25, 0.3) is 0 Å². The van der Waals surface area contributed by atoms with Crippen molar-refractivity contribution in [3.8, 4) is 0 Å². The van der Waals surface area contributed by atoms with E-state index in [1.807, 2.05) is 0 Å². The Balaban J connectivity index is 1.63. The number of fused-ring (bicyclic) bond motifs is 1. The summed E-state index contributed by atoms with van der Waals surface area (Å²) in [7, 11) is 0. The average molecular weight is 268 g/mol. The summed E-state index contributed by atoms with van der Waals surface area (Å²) in [6.07, 6.45) is 3.93. The molecule has 4 aliphatic rings. The molecule has 0 aromatic carbocycles. The maximum absolute atomic E-state index is 11.9. The molecule has 2 aliphatic carbocycles. The van der Waals surface area contributed by atoms with E-state index in [9.17, 15) is 9.59 Å². The van der Waals surface area contributed by atoms with Crippen LogP contribution in [0.15, 0.2) is 0 Å².